The lowest BCUT2D eigenvalue weighted by molar-refractivity contribution is 0.0950. The van der Waals surface area contributed by atoms with Crippen molar-refractivity contribution in [1.82, 2.24) is 25.1 Å². The number of amides is 1. The van der Waals surface area contributed by atoms with Crippen molar-refractivity contribution in [3.05, 3.63) is 58.4 Å². The molecule has 0 spiro atoms. The lowest BCUT2D eigenvalue weighted by Gasteiger charge is -2.16. The maximum absolute atomic E-state index is 12.2. The van der Waals surface area contributed by atoms with E-state index in [-0.39, 0.29) is 11.0 Å². The van der Waals surface area contributed by atoms with Gasteiger partial charge >= 0.3 is 0 Å². The monoisotopic (exact) mass is 353 g/mol. The molecule has 0 saturated carbocycles. The first-order chi connectivity index (χ1) is 12.4. The van der Waals surface area contributed by atoms with Gasteiger partial charge in [0.05, 0.1) is 11.7 Å². The number of carbonyl (C=O) groups is 1. The number of nitrogens with zero attached hydrogens (tertiary/aromatic N) is 3. The van der Waals surface area contributed by atoms with E-state index in [2.05, 4.69) is 20.4 Å². The Labute approximate surface area is 151 Å². The predicted octanol–water partition coefficient (Wildman–Crippen LogP) is 2.24. The summed E-state index contributed by atoms with van der Waals surface area (Å²) in [7, 11) is 0. The van der Waals surface area contributed by atoms with Crippen LogP contribution in [0.1, 0.15) is 43.4 Å². The summed E-state index contributed by atoms with van der Waals surface area (Å²) in [5, 5.41) is 8.22. The maximum Gasteiger partial charge on any atom is 0.263 e. The molecule has 2 heterocycles. The van der Waals surface area contributed by atoms with Gasteiger partial charge < -0.3 is 10.3 Å². The summed E-state index contributed by atoms with van der Waals surface area (Å²) in [5.74, 6) is 0.147. The van der Waals surface area contributed by atoms with E-state index in [0.29, 0.717) is 25.3 Å². The second-order valence-corrected chi connectivity index (χ2v) is 7.26. The van der Waals surface area contributed by atoms with E-state index in [9.17, 15) is 9.59 Å². The van der Waals surface area contributed by atoms with Crippen LogP contribution in [0.4, 0.5) is 0 Å². The summed E-state index contributed by atoms with van der Waals surface area (Å²) in [6.07, 6.45) is 3.88. The molecule has 0 bridgehead atoms. The first kappa shape index (κ1) is 17.8. The summed E-state index contributed by atoms with van der Waals surface area (Å²) in [6, 6.07) is 7.98. The predicted molar refractivity (Wildman–Crippen MR) is 100 cm³/mol. The number of nitrogens with one attached hydrogen (secondary N) is 2. The van der Waals surface area contributed by atoms with Crippen LogP contribution in [0, 0.1) is 0 Å². The third-order valence-electron chi connectivity index (χ3n) is 4.14. The smallest absolute Gasteiger partial charge is 0.263 e. The summed E-state index contributed by atoms with van der Waals surface area (Å²) < 4.78 is 1.91. The Balaban J connectivity index is 1.57. The highest BCUT2D eigenvalue weighted by Crippen LogP contribution is 2.16. The fourth-order valence-corrected chi connectivity index (χ4v) is 2.67. The second-order valence-electron chi connectivity index (χ2n) is 7.26. The Hall–Kier alpha value is -2.96. The van der Waals surface area contributed by atoms with E-state index < -0.39 is 11.5 Å². The lowest BCUT2D eigenvalue weighted by Crippen LogP contribution is -2.33. The number of para-hydroxylation sites is 1. The van der Waals surface area contributed by atoms with Crippen LogP contribution in [0.25, 0.3) is 10.9 Å². The van der Waals surface area contributed by atoms with Gasteiger partial charge in [-0.3, -0.25) is 14.3 Å². The molecule has 0 saturated heterocycles. The standard InChI is InChI=1S/C19H23N5O2/c1-19(2,3)18-21-12-14(17(26)23-18)16(25)20-9-6-10-24-15-8-5-4-7-13(15)11-22-24/h4-5,7-8,11-12H,6,9-10H2,1-3H3,(H,20,25)(H,21,23,26). The molecule has 3 rings (SSSR count). The average molecular weight is 353 g/mol. The minimum Gasteiger partial charge on any atom is -0.352 e. The molecular weight excluding hydrogens is 330 g/mol. The van der Waals surface area contributed by atoms with E-state index in [1.54, 1.807) is 0 Å². The van der Waals surface area contributed by atoms with Crippen molar-refractivity contribution in [3.63, 3.8) is 0 Å². The van der Waals surface area contributed by atoms with Crippen molar-refractivity contribution in [2.75, 3.05) is 6.54 Å². The zero-order chi connectivity index (χ0) is 18.7. The van der Waals surface area contributed by atoms with Crippen molar-refractivity contribution in [1.29, 1.82) is 0 Å². The number of aromatic nitrogens is 4. The number of carbonyl (C=O) groups excluding carboxylic acids is 1. The highest BCUT2D eigenvalue weighted by Gasteiger charge is 2.19. The van der Waals surface area contributed by atoms with Gasteiger partial charge in [-0.05, 0) is 12.5 Å². The van der Waals surface area contributed by atoms with E-state index >= 15 is 0 Å². The molecule has 0 aliphatic rings. The number of fused-ring (bicyclic) bond motifs is 1. The first-order valence-corrected chi connectivity index (χ1v) is 8.65. The van der Waals surface area contributed by atoms with Gasteiger partial charge in [-0.2, -0.15) is 5.10 Å². The third kappa shape index (κ3) is 3.82. The van der Waals surface area contributed by atoms with E-state index in [1.165, 1.54) is 6.20 Å². The molecule has 1 aromatic carbocycles. The van der Waals surface area contributed by atoms with Gasteiger partial charge in [0.1, 0.15) is 11.4 Å². The van der Waals surface area contributed by atoms with Crippen molar-refractivity contribution < 1.29 is 4.79 Å². The topological polar surface area (TPSA) is 92.7 Å². The molecule has 26 heavy (non-hydrogen) atoms. The SMILES string of the molecule is CC(C)(C)c1ncc(C(=O)NCCCn2ncc3ccccc32)c(=O)[nH]1. The van der Waals surface area contributed by atoms with E-state index in [1.807, 2.05) is 55.9 Å². The van der Waals surface area contributed by atoms with E-state index in [4.69, 9.17) is 0 Å². The molecule has 0 atom stereocenters. The molecule has 0 fully saturated rings. The first-order valence-electron chi connectivity index (χ1n) is 8.65. The number of hydrogen-bond donors (Lipinski definition) is 2. The number of rotatable bonds is 5. The molecule has 0 aliphatic carbocycles. The minimum absolute atomic E-state index is 0.0301. The Morgan fingerprint density at radius 3 is 2.73 bits per heavy atom. The highest BCUT2D eigenvalue weighted by atomic mass is 16.2. The molecule has 1 amide bonds. The second kappa shape index (κ2) is 7.11. The molecule has 0 unspecified atom stereocenters. The number of aromatic amines is 1. The largest absolute Gasteiger partial charge is 0.352 e. The van der Waals surface area contributed by atoms with Gasteiger partial charge in [0, 0.05) is 30.1 Å². The molecule has 0 aliphatic heterocycles. The van der Waals surface area contributed by atoms with Crippen LogP contribution in [0.15, 0.2) is 41.5 Å². The van der Waals surface area contributed by atoms with Crippen molar-refractivity contribution in [2.24, 2.45) is 0 Å². The third-order valence-corrected chi connectivity index (χ3v) is 4.14. The van der Waals surface area contributed by atoms with Gasteiger partial charge in [0.15, 0.2) is 0 Å². The van der Waals surface area contributed by atoms with Gasteiger partial charge in [-0.15, -0.1) is 0 Å². The summed E-state index contributed by atoms with van der Waals surface area (Å²) >= 11 is 0. The zero-order valence-corrected chi connectivity index (χ0v) is 15.2. The van der Waals surface area contributed by atoms with Gasteiger partial charge in [-0.25, -0.2) is 4.98 Å². The summed E-state index contributed by atoms with van der Waals surface area (Å²) in [6.45, 7) is 6.98. The average Bonchev–Trinajstić information content (AvgIpc) is 3.01. The minimum atomic E-state index is -0.416. The Morgan fingerprint density at radius 1 is 1.23 bits per heavy atom. The summed E-state index contributed by atoms with van der Waals surface area (Å²) in [5.41, 5.74) is 0.404. The normalized spacial score (nSPS) is 11.7. The number of H-pyrrole nitrogens is 1. The molecule has 3 aromatic rings. The number of benzene rings is 1. The molecule has 2 N–H and O–H groups in total. The van der Waals surface area contributed by atoms with Crippen molar-refractivity contribution in [2.45, 2.75) is 39.2 Å². The lowest BCUT2D eigenvalue weighted by atomic mass is 9.96. The summed E-state index contributed by atoms with van der Waals surface area (Å²) in [4.78, 5) is 31.2. The van der Waals surface area contributed by atoms with Crippen molar-refractivity contribution in [3.8, 4) is 0 Å². The molecule has 136 valence electrons. The molecule has 7 nitrogen and oxygen atoms in total. The fraction of sp³-hybridized carbons (Fsp3) is 0.368. The molecular formula is C19H23N5O2. The van der Waals surface area contributed by atoms with Gasteiger partial charge in [-0.1, -0.05) is 39.0 Å². The number of hydrogen-bond acceptors (Lipinski definition) is 4. The molecule has 2 aromatic heterocycles. The Morgan fingerprint density at radius 2 is 2.00 bits per heavy atom. The molecule has 7 heteroatoms. The quantitative estimate of drug-likeness (QED) is 0.688. The van der Waals surface area contributed by atoms with Crippen LogP contribution in [0.3, 0.4) is 0 Å². The van der Waals surface area contributed by atoms with Crippen LogP contribution in [0.2, 0.25) is 0 Å². The van der Waals surface area contributed by atoms with Crippen LogP contribution < -0.4 is 10.9 Å². The van der Waals surface area contributed by atoms with Gasteiger partial charge in [0.25, 0.3) is 11.5 Å². The number of aryl methyl sites for hydroxylation is 1. The zero-order valence-electron chi connectivity index (χ0n) is 15.2. The van der Waals surface area contributed by atoms with Crippen LogP contribution >= 0.6 is 0 Å². The van der Waals surface area contributed by atoms with Gasteiger partial charge in [0.2, 0.25) is 0 Å². The Kier molecular flexibility index (Phi) is 4.88. The van der Waals surface area contributed by atoms with Crippen molar-refractivity contribution >= 4 is 16.8 Å². The van der Waals surface area contributed by atoms with Crippen LogP contribution in [-0.2, 0) is 12.0 Å². The maximum atomic E-state index is 12.2. The van der Waals surface area contributed by atoms with Crippen LogP contribution in [0.5, 0.6) is 0 Å². The van der Waals surface area contributed by atoms with Crippen LogP contribution in [-0.4, -0.2) is 32.2 Å². The fourth-order valence-electron chi connectivity index (χ4n) is 2.67. The molecule has 0 radical (unpaired) electrons. The Bertz CT molecular complexity index is 981. The highest BCUT2D eigenvalue weighted by molar-refractivity contribution is 5.93. The van der Waals surface area contributed by atoms with E-state index in [0.717, 1.165) is 10.9 Å².